The fourth-order valence-corrected chi connectivity index (χ4v) is 2.84. The second-order valence-corrected chi connectivity index (χ2v) is 5.40. The molecule has 1 unspecified atom stereocenters. The maximum Gasteiger partial charge on any atom is 0.0522 e. The van der Waals surface area contributed by atoms with Crippen molar-refractivity contribution in [2.45, 2.75) is 64.5 Å². The highest BCUT2D eigenvalue weighted by molar-refractivity contribution is 5.05. The average molecular weight is 235 g/mol. The van der Waals surface area contributed by atoms with Gasteiger partial charge in [-0.1, -0.05) is 25.7 Å². The summed E-state index contributed by atoms with van der Waals surface area (Å²) in [4.78, 5) is 0. The van der Waals surface area contributed by atoms with Gasteiger partial charge >= 0.3 is 0 Å². The van der Waals surface area contributed by atoms with Gasteiger partial charge in [-0.2, -0.15) is 5.10 Å². The summed E-state index contributed by atoms with van der Waals surface area (Å²) in [5, 5.41) is 4.29. The second kappa shape index (κ2) is 6.20. The van der Waals surface area contributed by atoms with E-state index in [1.165, 1.54) is 44.1 Å². The predicted octanol–water partition coefficient (Wildman–Crippen LogP) is 2.74. The molecule has 3 nitrogen and oxygen atoms in total. The third-order valence-corrected chi connectivity index (χ3v) is 3.93. The Bertz CT molecular complexity index is 326. The van der Waals surface area contributed by atoms with E-state index in [9.17, 15) is 0 Å². The predicted molar refractivity (Wildman–Crippen MR) is 70.8 cm³/mol. The van der Waals surface area contributed by atoms with Crippen LogP contribution in [-0.2, 0) is 13.0 Å². The van der Waals surface area contributed by atoms with Crippen LogP contribution >= 0.6 is 0 Å². The molecule has 1 fully saturated rings. The Hall–Kier alpha value is -0.830. The van der Waals surface area contributed by atoms with Crippen molar-refractivity contribution in [2.75, 3.05) is 0 Å². The zero-order valence-electron chi connectivity index (χ0n) is 10.9. The molecule has 1 aromatic rings. The zero-order chi connectivity index (χ0) is 12.1. The van der Waals surface area contributed by atoms with Gasteiger partial charge in [-0.15, -0.1) is 0 Å². The van der Waals surface area contributed by atoms with Crippen molar-refractivity contribution in [2.24, 2.45) is 11.7 Å². The van der Waals surface area contributed by atoms with Gasteiger partial charge in [0.2, 0.25) is 0 Å². The van der Waals surface area contributed by atoms with Crippen molar-refractivity contribution in [3.8, 4) is 0 Å². The Kier molecular flexibility index (Phi) is 4.60. The number of aromatic nitrogens is 2. The summed E-state index contributed by atoms with van der Waals surface area (Å²) in [5.41, 5.74) is 7.48. The summed E-state index contributed by atoms with van der Waals surface area (Å²) < 4.78 is 1.97. The summed E-state index contributed by atoms with van der Waals surface area (Å²) in [6.07, 6.45) is 13.3. The topological polar surface area (TPSA) is 43.8 Å². The van der Waals surface area contributed by atoms with E-state index < -0.39 is 0 Å². The van der Waals surface area contributed by atoms with E-state index in [2.05, 4.69) is 18.2 Å². The van der Waals surface area contributed by atoms with Crippen molar-refractivity contribution in [1.29, 1.82) is 0 Å². The van der Waals surface area contributed by atoms with Crippen LogP contribution < -0.4 is 5.73 Å². The Balaban J connectivity index is 1.70. The van der Waals surface area contributed by atoms with E-state index in [-0.39, 0.29) is 0 Å². The molecule has 0 aromatic carbocycles. The highest BCUT2D eigenvalue weighted by Gasteiger charge is 2.16. The first-order chi connectivity index (χ1) is 8.28. The van der Waals surface area contributed by atoms with Crippen LogP contribution in [0.5, 0.6) is 0 Å². The Morgan fingerprint density at radius 1 is 1.47 bits per heavy atom. The molecular formula is C14H25N3. The van der Waals surface area contributed by atoms with Crippen LogP contribution in [0.2, 0.25) is 0 Å². The minimum Gasteiger partial charge on any atom is -0.327 e. The number of hydrogen-bond donors (Lipinski definition) is 1. The van der Waals surface area contributed by atoms with Crippen LogP contribution in [0.25, 0.3) is 0 Å². The van der Waals surface area contributed by atoms with Gasteiger partial charge in [0.15, 0.2) is 0 Å². The molecule has 0 bridgehead atoms. The van der Waals surface area contributed by atoms with Crippen molar-refractivity contribution in [1.82, 2.24) is 9.78 Å². The maximum absolute atomic E-state index is 6.20. The van der Waals surface area contributed by atoms with Crippen molar-refractivity contribution in [3.05, 3.63) is 18.0 Å². The smallest absolute Gasteiger partial charge is 0.0522 e. The zero-order valence-corrected chi connectivity index (χ0v) is 10.9. The fourth-order valence-electron chi connectivity index (χ4n) is 2.84. The van der Waals surface area contributed by atoms with E-state index in [4.69, 9.17) is 5.73 Å². The van der Waals surface area contributed by atoms with Crippen LogP contribution in [0.1, 0.15) is 51.0 Å². The minimum absolute atomic E-state index is 0.310. The third kappa shape index (κ3) is 3.84. The molecule has 1 atom stereocenters. The van der Waals surface area contributed by atoms with Gasteiger partial charge in [-0.05, 0) is 37.7 Å². The Morgan fingerprint density at radius 3 is 2.88 bits per heavy atom. The summed E-state index contributed by atoms with van der Waals surface area (Å²) in [7, 11) is 0. The summed E-state index contributed by atoms with van der Waals surface area (Å²) in [5.74, 6) is 0.958. The molecule has 0 aliphatic heterocycles. The van der Waals surface area contributed by atoms with Gasteiger partial charge in [-0.25, -0.2) is 0 Å². The lowest BCUT2D eigenvalue weighted by atomic mass is 9.96. The minimum atomic E-state index is 0.310. The number of nitrogens with two attached hydrogens (primary N) is 1. The molecular weight excluding hydrogens is 210 g/mol. The molecule has 17 heavy (non-hydrogen) atoms. The molecule has 2 rings (SSSR count). The molecule has 3 heteroatoms. The summed E-state index contributed by atoms with van der Waals surface area (Å²) in [6.45, 7) is 3.05. The van der Waals surface area contributed by atoms with Gasteiger partial charge in [0.05, 0.1) is 6.20 Å². The molecule has 2 N–H and O–H groups in total. The maximum atomic E-state index is 6.20. The number of hydrogen-bond acceptors (Lipinski definition) is 2. The van der Waals surface area contributed by atoms with E-state index in [0.717, 1.165) is 18.9 Å². The van der Waals surface area contributed by atoms with Crippen molar-refractivity contribution >= 4 is 0 Å². The number of nitrogens with zero attached hydrogens (tertiary/aromatic N) is 2. The highest BCUT2D eigenvalue weighted by atomic mass is 15.3. The van der Waals surface area contributed by atoms with E-state index in [1.54, 1.807) is 0 Å². The molecule has 0 amide bonds. The van der Waals surface area contributed by atoms with Crippen LogP contribution in [0.15, 0.2) is 12.4 Å². The molecule has 1 saturated carbocycles. The van der Waals surface area contributed by atoms with Crippen LogP contribution in [-0.4, -0.2) is 15.8 Å². The number of rotatable bonds is 6. The van der Waals surface area contributed by atoms with Gasteiger partial charge in [0.1, 0.15) is 0 Å². The standard InChI is InChI=1S/C14H25N3/c1-2-17-11-13(10-16-17)9-14(15)8-7-12-5-3-4-6-12/h10-12,14H,2-9,15H2,1H3. The molecule has 0 spiro atoms. The molecule has 1 aliphatic rings. The van der Waals surface area contributed by atoms with E-state index in [1.807, 2.05) is 10.9 Å². The number of aryl methyl sites for hydroxylation is 1. The summed E-state index contributed by atoms with van der Waals surface area (Å²) >= 11 is 0. The van der Waals surface area contributed by atoms with Crippen molar-refractivity contribution in [3.63, 3.8) is 0 Å². The first kappa shape index (κ1) is 12.6. The first-order valence-corrected chi connectivity index (χ1v) is 7.05. The molecule has 96 valence electrons. The molecule has 0 saturated heterocycles. The summed E-state index contributed by atoms with van der Waals surface area (Å²) in [6, 6.07) is 0.310. The van der Waals surface area contributed by atoms with Crippen LogP contribution in [0.3, 0.4) is 0 Å². The van der Waals surface area contributed by atoms with Crippen molar-refractivity contribution < 1.29 is 0 Å². The van der Waals surface area contributed by atoms with E-state index >= 15 is 0 Å². The van der Waals surface area contributed by atoms with Gasteiger partial charge in [-0.3, -0.25) is 4.68 Å². The van der Waals surface area contributed by atoms with E-state index in [0.29, 0.717) is 6.04 Å². The molecule has 1 aromatic heterocycles. The quantitative estimate of drug-likeness (QED) is 0.824. The van der Waals surface area contributed by atoms with Crippen LogP contribution in [0.4, 0.5) is 0 Å². The Labute approximate surface area is 104 Å². The molecule has 1 aliphatic carbocycles. The molecule has 1 heterocycles. The SMILES string of the molecule is CCn1cc(CC(N)CCC2CCCC2)cn1. The lowest BCUT2D eigenvalue weighted by Crippen LogP contribution is -2.23. The van der Waals surface area contributed by atoms with Crippen LogP contribution in [0, 0.1) is 5.92 Å². The first-order valence-electron chi connectivity index (χ1n) is 7.05. The largest absolute Gasteiger partial charge is 0.327 e. The van der Waals surface area contributed by atoms with Gasteiger partial charge < -0.3 is 5.73 Å². The van der Waals surface area contributed by atoms with Gasteiger partial charge in [0, 0.05) is 18.8 Å². The fraction of sp³-hybridized carbons (Fsp3) is 0.786. The highest BCUT2D eigenvalue weighted by Crippen LogP contribution is 2.28. The normalized spacial score (nSPS) is 18.7. The lowest BCUT2D eigenvalue weighted by molar-refractivity contribution is 0.447. The monoisotopic (exact) mass is 235 g/mol. The molecule has 0 radical (unpaired) electrons. The Morgan fingerprint density at radius 2 is 2.24 bits per heavy atom. The second-order valence-electron chi connectivity index (χ2n) is 5.40. The lowest BCUT2D eigenvalue weighted by Gasteiger charge is -2.13. The van der Waals surface area contributed by atoms with Gasteiger partial charge in [0.25, 0.3) is 0 Å². The third-order valence-electron chi connectivity index (χ3n) is 3.93. The average Bonchev–Trinajstić information content (AvgIpc) is 2.97.